The third-order valence-electron chi connectivity index (χ3n) is 5.71. The number of nitrogens with one attached hydrogen (secondary N) is 1. The van der Waals surface area contributed by atoms with Gasteiger partial charge >= 0.3 is 12.1 Å². The molecule has 0 unspecified atom stereocenters. The predicted molar refractivity (Wildman–Crippen MR) is 138 cm³/mol. The van der Waals surface area contributed by atoms with Gasteiger partial charge in [-0.15, -0.1) is 0 Å². The summed E-state index contributed by atoms with van der Waals surface area (Å²) < 4.78 is 45.2. The molecule has 0 radical (unpaired) electrons. The number of amides is 1. The van der Waals surface area contributed by atoms with Crippen molar-refractivity contribution in [1.29, 1.82) is 0 Å². The molecule has 1 amide bonds. The minimum absolute atomic E-state index is 0.00618. The summed E-state index contributed by atoms with van der Waals surface area (Å²) >= 11 is 18.4. The zero-order valence-corrected chi connectivity index (χ0v) is 21.7. The summed E-state index contributed by atoms with van der Waals surface area (Å²) in [6, 6.07) is 10.6. The van der Waals surface area contributed by atoms with Crippen LogP contribution in [0.1, 0.15) is 21.5 Å². The van der Waals surface area contributed by atoms with Crippen LogP contribution in [-0.4, -0.2) is 35.0 Å². The van der Waals surface area contributed by atoms with Gasteiger partial charge in [0.2, 0.25) is 0 Å². The van der Waals surface area contributed by atoms with E-state index in [1.807, 2.05) is 0 Å². The van der Waals surface area contributed by atoms with Crippen molar-refractivity contribution in [3.63, 3.8) is 0 Å². The molecule has 0 aliphatic heterocycles. The number of hydrogen-bond donors (Lipinski definition) is 1. The lowest BCUT2D eigenvalue weighted by molar-refractivity contribution is -0.142. The molecule has 2 aromatic heterocycles. The molecule has 0 saturated heterocycles. The first-order chi connectivity index (χ1) is 18.0. The Kier molecular flexibility index (Phi) is 8.10. The number of halogens is 6. The average molecular weight is 583 g/mol. The van der Waals surface area contributed by atoms with Gasteiger partial charge in [0.25, 0.3) is 5.91 Å². The SMILES string of the molecule is COC(=O)[C@H](Cc1ccc(-c2nccc(C(F)(F)F)c2Cl)c2cccnc12)NC(=O)c1c(Cl)cccc1Cl. The number of hydrogen-bond acceptors (Lipinski definition) is 5. The molecule has 38 heavy (non-hydrogen) atoms. The second-order valence-electron chi connectivity index (χ2n) is 8.04. The molecule has 0 aliphatic carbocycles. The summed E-state index contributed by atoms with van der Waals surface area (Å²) in [7, 11) is 1.17. The van der Waals surface area contributed by atoms with Crippen LogP contribution in [0.4, 0.5) is 13.2 Å². The standard InChI is InChI=1S/C26H17Cl3F3N3O3/c1-38-25(37)19(35-24(36)20-17(27)5-2-6-18(20)28)12-13-7-8-15(14-4-3-10-33-22(13)14)23-21(29)16(9-11-34-23)26(30,31)32/h2-11,19H,12H2,1H3,(H,35,36)/t19-/m0/s1. The van der Waals surface area contributed by atoms with Gasteiger partial charge in [-0.3, -0.25) is 14.8 Å². The number of carbonyl (C=O) groups is 2. The fourth-order valence-corrected chi connectivity index (χ4v) is 4.84. The lowest BCUT2D eigenvalue weighted by Crippen LogP contribution is -2.43. The molecule has 6 nitrogen and oxygen atoms in total. The van der Waals surface area contributed by atoms with E-state index in [1.54, 1.807) is 24.3 Å². The summed E-state index contributed by atoms with van der Waals surface area (Å²) in [4.78, 5) is 34.0. The second kappa shape index (κ2) is 11.1. The zero-order chi connectivity index (χ0) is 27.6. The minimum atomic E-state index is -4.67. The van der Waals surface area contributed by atoms with Crippen molar-refractivity contribution >= 4 is 57.6 Å². The van der Waals surface area contributed by atoms with E-state index in [0.717, 1.165) is 12.3 Å². The normalized spacial score (nSPS) is 12.3. The number of rotatable bonds is 6. The zero-order valence-electron chi connectivity index (χ0n) is 19.4. The van der Waals surface area contributed by atoms with Crippen LogP contribution in [-0.2, 0) is 22.1 Å². The quantitative estimate of drug-likeness (QED) is 0.253. The summed E-state index contributed by atoms with van der Waals surface area (Å²) in [5, 5.41) is 2.69. The van der Waals surface area contributed by atoms with Crippen molar-refractivity contribution in [2.75, 3.05) is 7.11 Å². The first-order valence-electron chi connectivity index (χ1n) is 10.9. The van der Waals surface area contributed by atoms with Crippen molar-refractivity contribution in [2.45, 2.75) is 18.6 Å². The monoisotopic (exact) mass is 581 g/mol. The number of esters is 1. The Labute approximate surface area is 229 Å². The molecule has 0 saturated carbocycles. The fourth-order valence-electron chi connectivity index (χ4n) is 3.95. The smallest absolute Gasteiger partial charge is 0.417 e. The molecule has 2 aromatic carbocycles. The van der Waals surface area contributed by atoms with E-state index >= 15 is 0 Å². The van der Waals surface area contributed by atoms with Gasteiger partial charge in [0.15, 0.2) is 0 Å². The number of benzene rings is 2. The molecule has 1 N–H and O–H groups in total. The van der Waals surface area contributed by atoms with E-state index in [9.17, 15) is 22.8 Å². The van der Waals surface area contributed by atoms with E-state index in [-0.39, 0.29) is 27.7 Å². The Balaban J connectivity index is 1.75. The van der Waals surface area contributed by atoms with Crippen molar-refractivity contribution in [2.24, 2.45) is 0 Å². The van der Waals surface area contributed by atoms with Crippen molar-refractivity contribution < 1.29 is 27.5 Å². The van der Waals surface area contributed by atoms with E-state index in [0.29, 0.717) is 22.0 Å². The Morgan fingerprint density at radius 2 is 1.68 bits per heavy atom. The third-order valence-corrected chi connectivity index (χ3v) is 6.72. The lowest BCUT2D eigenvalue weighted by atomic mass is 9.96. The molecule has 0 fully saturated rings. The number of fused-ring (bicyclic) bond motifs is 1. The molecule has 0 spiro atoms. The van der Waals surface area contributed by atoms with Gasteiger partial charge in [0.05, 0.1) is 44.5 Å². The predicted octanol–water partition coefficient (Wildman–Crippen LogP) is 6.79. The van der Waals surface area contributed by atoms with Gasteiger partial charge in [-0.2, -0.15) is 13.2 Å². The van der Waals surface area contributed by atoms with Crippen LogP contribution in [0.3, 0.4) is 0 Å². The van der Waals surface area contributed by atoms with Gasteiger partial charge in [-0.25, -0.2) is 4.79 Å². The van der Waals surface area contributed by atoms with Crippen molar-refractivity contribution in [1.82, 2.24) is 15.3 Å². The molecule has 2 heterocycles. The maximum absolute atomic E-state index is 13.4. The van der Waals surface area contributed by atoms with E-state index in [1.165, 1.54) is 31.5 Å². The van der Waals surface area contributed by atoms with Gasteiger partial charge in [-0.05, 0) is 29.8 Å². The Bertz CT molecular complexity index is 1530. The van der Waals surface area contributed by atoms with Crippen LogP contribution in [0, 0.1) is 0 Å². The fraction of sp³-hybridized carbons (Fsp3) is 0.154. The van der Waals surface area contributed by atoms with Gasteiger partial charge in [0.1, 0.15) is 6.04 Å². The van der Waals surface area contributed by atoms with Gasteiger partial charge < -0.3 is 10.1 Å². The third kappa shape index (κ3) is 5.55. The molecular weight excluding hydrogens is 566 g/mol. The van der Waals surface area contributed by atoms with Crippen LogP contribution < -0.4 is 5.32 Å². The number of pyridine rings is 2. The number of aromatic nitrogens is 2. The number of nitrogens with zero attached hydrogens (tertiary/aromatic N) is 2. The van der Waals surface area contributed by atoms with Crippen LogP contribution in [0.25, 0.3) is 22.2 Å². The first-order valence-corrected chi connectivity index (χ1v) is 12.1. The first kappa shape index (κ1) is 27.6. The van der Waals surface area contributed by atoms with E-state index in [2.05, 4.69) is 15.3 Å². The maximum Gasteiger partial charge on any atom is 0.417 e. The van der Waals surface area contributed by atoms with Gasteiger partial charge in [0, 0.05) is 29.8 Å². The lowest BCUT2D eigenvalue weighted by Gasteiger charge is -2.19. The molecule has 0 aliphatic rings. The summed E-state index contributed by atoms with van der Waals surface area (Å²) in [6.07, 6.45) is -2.20. The molecule has 4 aromatic rings. The number of ether oxygens (including phenoxy) is 1. The highest BCUT2D eigenvalue weighted by Crippen LogP contribution is 2.40. The van der Waals surface area contributed by atoms with Crippen LogP contribution in [0.15, 0.2) is 60.9 Å². The molecule has 0 bridgehead atoms. The summed E-state index contributed by atoms with van der Waals surface area (Å²) in [5.41, 5.74) is 0.101. The largest absolute Gasteiger partial charge is 0.467 e. The van der Waals surface area contributed by atoms with E-state index in [4.69, 9.17) is 39.5 Å². The summed E-state index contributed by atoms with van der Waals surface area (Å²) in [5.74, 6) is -1.43. The highest BCUT2D eigenvalue weighted by Gasteiger charge is 2.35. The topological polar surface area (TPSA) is 81.2 Å². The number of alkyl halides is 3. The number of methoxy groups -OCH3 is 1. The highest BCUT2D eigenvalue weighted by molar-refractivity contribution is 6.39. The molecule has 12 heteroatoms. The van der Waals surface area contributed by atoms with Crippen LogP contribution in [0.5, 0.6) is 0 Å². The molecular formula is C26H17Cl3F3N3O3. The minimum Gasteiger partial charge on any atom is -0.467 e. The Hall–Kier alpha value is -3.40. The van der Waals surface area contributed by atoms with Crippen molar-refractivity contribution in [3.05, 3.63) is 92.7 Å². The average Bonchev–Trinajstić information content (AvgIpc) is 2.87. The van der Waals surface area contributed by atoms with Crippen molar-refractivity contribution in [3.8, 4) is 11.3 Å². The van der Waals surface area contributed by atoms with Crippen LogP contribution >= 0.6 is 34.8 Å². The Morgan fingerprint density at radius 1 is 0.974 bits per heavy atom. The molecule has 196 valence electrons. The number of carbonyl (C=O) groups excluding carboxylic acids is 2. The van der Waals surface area contributed by atoms with Gasteiger partial charge in [-0.1, -0.05) is 59.1 Å². The van der Waals surface area contributed by atoms with E-state index < -0.39 is 34.7 Å². The van der Waals surface area contributed by atoms with Crippen LogP contribution in [0.2, 0.25) is 15.1 Å². The molecule has 4 rings (SSSR count). The molecule has 1 atom stereocenters. The second-order valence-corrected chi connectivity index (χ2v) is 9.23. The maximum atomic E-state index is 13.4. The highest BCUT2D eigenvalue weighted by atomic mass is 35.5. The Morgan fingerprint density at radius 3 is 2.34 bits per heavy atom. The summed E-state index contributed by atoms with van der Waals surface area (Å²) in [6.45, 7) is 0.